The Labute approximate surface area is 107 Å². The molecule has 0 unspecified atom stereocenters. The molecule has 0 aromatic heterocycles. The summed E-state index contributed by atoms with van der Waals surface area (Å²) in [4.78, 5) is 13.4. The van der Waals surface area contributed by atoms with Gasteiger partial charge in [-0.05, 0) is 20.8 Å². The van der Waals surface area contributed by atoms with Gasteiger partial charge >= 0.3 is 6.09 Å². The van der Waals surface area contributed by atoms with Crippen molar-refractivity contribution in [2.75, 3.05) is 32.8 Å². The third-order valence-corrected chi connectivity index (χ3v) is 2.18. The lowest BCUT2D eigenvalue weighted by molar-refractivity contribution is 0.0448. The molecule has 0 spiro atoms. The number of rotatable bonds is 3. The number of carbonyl (C=O) groups excluding carboxylic acids is 1. The zero-order valence-corrected chi connectivity index (χ0v) is 11.2. The lowest BCUT2D eigenvalue weighted by Crippen LogP contribution is -2.42. The van der Waals surface area contributed by atoms with Crippen LogP contribution in [0.4, 0.5) is 4.79 Å². The maximum atomic E-state index is 11.3. The predicted octanol–water partition coefficient (Wildman–Crippen LogP) is 0.116. The minimum atomic E-state index is -0.604. The van der Waals surface area contributed by atoms with Crippen LogP contribution in [0.15, 0.2) is 5.10 Å². The lowest BCUT2D eigenvalue weighted by Gasteiger charge is -2.26. The zero-order chi connectivity index (χ0) is 13.6. The van der Waals surface area contributed by atoms with Crippen LogP contribution in [-0.4, -0.2) is 55.3 Å². The molecule has 0 saturated carbocycles. The maximum Gasteiger partial charge on any atom is 0.428 e. The number of nitrogens with two attached hydrogens (primary N) is 1. The van der Waals surface area contributed by atoms with E-state index in [4.69, 9.17) is 15.2 Å². The van der Waals surface area contributed by atoms with Gasteiger partial charge < -0.3 is 15.2 Å². The summed E-state index contributed by atoms with van der Waals surface area (Å²) >= 11 is 0. The second kappa shape index (κ2) is 6.55. The average molecular weight is 258 g/mol. The molecule has 1 fully saturated rings. The van der Waals surface area contributed by atoms with Crippen LogP contribution in [0.1, 0.15) is 20.8 Å². The van der Waals surface area contributed by atoms with Crippen molar-refractivity contribution < 1.29 is 14.3 Å². The van der Waals surface area contributed by atoms with Crippen molar-refractivity contribution in [1.29, 1.82) is 0 Å². The van der Waals surface area contributed by atoms with E-state index < -0.39 is 11.7 Å². The Morgan fingerprint density at radius 2 is 2.06 bits per heavy atom. The van der Waals surface area contributed by atoms with E-state index in [1.165, 1.54) is 0 Å². The molecule has 0 atom stereocenters. The van der Waals surface area contributed by atoms with Gasteiger partial charge in [0.2, 0.25) is 0 Å². The quantitative estimate of drug-likeness (QED) is 0.426. The minimum absolute atomic E-state index is 0.350. The molecule has 3 N–H and O–H groups in total. The number of hydrogen-bond acceptors (Lipinski definition) is 5. The summed E-state index contributed by atoms with van der Waals surface area (Å²) in [6.45, 7) is 8.91. The first kappa shape index (κ1) is 14.7. The van der Waals surface area contributed by atoms with Crippen LogP contribution in [0.5, 0.6) is 0 Å². The first-order valence-electron chi connectivity index (χ1n) is 5.98. The van der Waals surface area contributed by atoms with E-state index in [-0.39, 0.29) is 0 Å². The van der Waals surface area contributed by atoms with Crippen LogP contribution in [0, 0.1) is 0 Å². The first-order chi connectivity index (χ1) is 8.37. The molecular weight excluding hydrogens is 236 g/mol. The fourth-order valence-electron chi connectivity index (χ4n) is 1.44. The Morgan fingerprint density at radius 1 is 1.44 bits per heavy atom. The van der Waals surface area contributed by atoms with E-state index >= 15 is 0 Å². The fourth-order valence-corrected chi connectivity index (χ4v) is 1.44. The van der Waals surface area contributed by atoms with Gasteiger partial charge in [0.25, 0.3) is 0 Å². The molecule has 104 valence electrons. The number of amidine groups is 1. The van der Waals surface area contributed by atoms with Gasteiger partial charge in [-0.1, -0.05) is 0 Å². The molecule has 0 aliphatic carbocycles. The van der Waals surface area contributed by atoms with Crippen LogP contribution in [0.25, 0.3) is 0 Å². The van der Waals surface area contributed by atoms with Gasteiger partial charge in [0.05, 0.1) is 19.8 Å². The Bertz CT molecular complexity index is 306. The highest BCUT2D eigenvalue weighted by Gasteiger charge is 2.16. The maximum absolute atomic E-state index is 11.3. The molecule has 7 nitrogen and oxygen atoms in total. The van der Waals surface area contributed by atoms with Gasteiger partial charge in [0, 0.05) is 13.1 Å². The number of hydrazone groups is 1. The third kappa shape index (κ3) is 6.41. The number of nitrogens with zero attached hydrogens (tertiary/aromatic N) is 2. The van der Waals surface area contributed by atoms with E-state index in [0.717, 1.165) is 13.1 Å². The summed E-state index contributed by atoms with van der Waals surface area (Å²) < 4.78 is 10.3. The lowest BCUT2D eigenvalue weighted by atomic mass is 10.2. The number of ether oxygens (including phenoxy) is 2. The number of nitrogens with one attached hydrogen (secondary N) is 1. The van der Waals surface area contributed by atoms with Crippen molar-refractivity contribution in [3.63, 3.8) is 0 Å². The first-order valence-corrected chi connectivity index (χ1v) is 5.98. The molecule has 0 radical (unpaired) electrons. The van der Waals surface area contributed by atoms with Crippen LogP contribution < -0.4 is 11.2 Å². The Hall–Kier alpha value is -1.34. The molecule has 0 aromatic rings. The highest BCUT2D eigenvalue weighted by molar-refractivity contribution is 5.83. The van der Waals surface area contributed by atoms with Crippen molar-refractivity contribution in [2.24, 2.45) is 10.8 Å². The van der Waals surface area contributed by atoms with E-state index in [0.29, 0.717) is 25.6 Å². The van der Waals surface area contributed by atoms with Gasteiger partial charge in [-0.2, -0.15) is 5.10 Å². The summed E-state index contributed by atoms with van der Waals surface area (Å²) in [5, 5.41) is 3.79. The van der Waals surface area contributed by atoms with Crippen molar-refractivity contribution in [2.45, 2.75) is 26.4 Å². The molecule has 1 heterocycles. The van der Waals surface area contributed by atoms with Crippen molar-refractivity contribution in [3.8, 4) is 0 Å². The Morgan fingerprint density at radius 3 is 2.61 bits per heavy atom. The predicted molar refractivity (Wildman–Crippen MR) is 68.3 cm³/mol. The molecular formula is C11H22N4O3. The van der Waals surface area contributed by atoms with Crippen molar-refractivity contribution in [1.82, 2.24) is 10.3 Å². The third-order valence-electron chi connectivity index (χ3n) is 2.18. The summed E-state index contributed by atoms with van der Waals surface area (Å²) in [5.74, 6) is 0.350. The summed E-state index contributed by atoms with van der Waals surface area (Å²) in [6.07, 6.45) is -0.604. The molecule has 0 aromatic carbocycles. The zero-order valence-electron chi connectivity index (χ0n) is 11.2. The molecule has 1 saturated heterocycles. The molecule has 0 bridgehead atoms. The summed E-state index contributed by atoms with van der Waals surface area (Å²) in [6, 6.07) is 0. The summed E-state index contributed by atoms with van der Waals surface area (Å²) in [5.41, 5.74) is 7.44. The van der Waals surface area contributed by atoms with Crippen LogP contribution in [0.3, 0.4) is 0 Å². The van der Waals surface area contributed by atoms with Crippen molar-refractivity contribution >= 4 is 11.9 Å². The minimum Gasteiger partial charge on any atom is -0.443 e. The van der Waals surface area contributed by atoms with Gasteiger partial charge in [-0.25, -0.2) is 10.2 Å². The topological polar surface area (TPSA) is 89.2 Å². The Balaban J connectivity index is 2.30. The standard InChI is InChI=1S/C11H22N4O3/c1-11(2,3)18-10(16)14-13-9(12)8-15-4-6-17-7-5-15/h4-8H2,1-3H3,(H2,12,13)(H,14,16). The van der Waals surface area contributed by atoms with Gasteiger partial charge in [-0.15, -0.1) is 0 Å². The normalized spacial score (nSPS) is 18.5. The Kier molecular flexibility index (Phi) is 5.36. The van der Waals surface area contributed by atoms with Gasteiger partial charge in [0.15, 0.2) is 0 Å². The second-order valence-electron chi connectivity index (χ2n) is 5.11. The largest absolute Gasteiger partial charge is 0.443 e. The monoisotopic (exact) mass is 258 g/mol. The van der Waals surface area contributed by atoms with E-state index in [2.05, 4.69) is 15.4 Å². The molecule has 1 aliphatic heterocycles. The molecule has 1 amide bonds. The average Bonchev–Trinajstić information content (AvgIpc) is 2.25. The highest BCUT2D eigenvalue weighted by Crippen LogP contribution is 2.06. The SMILES string of the molecule is CC(C)(C)OC(=O)N/N=C(\N)CN1CCOCC1. The molecule has 7 heteroatoms. The van der Waals surface area contributed by atoms with Gasteiger partial charge in [0.1, 0.15) is 11.4 Å². The molecule has 18 heavy (non-hydrogen) atoms. The van der Waals surface area contributed by atoms with Gasteiger partial charge in [-0.3, -0.25) is 4.90 Å². The van der Waals surface area contributed by atoms with E-state index in [1.807, 2.05) is 0 Å². The number of amides is 1. The van der Waals surface area contributed by atoms with Crippen LogP contribution in [0.2, 0.25) is 0 Å². The van der Waals surface area contributed by atoms with E-state index in [1.54, 1.807) is 20.8 Å². The number of hydrogen-bond donors (Lipinski definition) is 2. The fraction of sp³-hybridized carbons (Fsp3) is 0.818. The number of carbonyl (C=O) groups is 1. The highest BCUT2D eigenvalue weighted by atomic mass is 16.6. The van der Waals surface area contributed by atoms with Crippen LogP contribution in [-0.2, 0) is 9.47 Å². The number of morpholine rings is 1. The molecule has 1 rings (SSSR count). The molecule has 1 aliphatic rings. The van der Waals surface area contributed by atoms with Crippen molar-refractivity contribution in [3.05, 3.63) is 0 Å². The van der Waals surface area contributed by atoms with E-state index in [9.17, 15) is 4.79 Å². The second-order valence-corrected chi connectivity index (χ2v) is 5.11. The van der Waals surface area contributed by atoms with Crippen LogP contribution >= 0.6 is 0 Å². The smallest absolute Gasteiger partial charge is 0.428 e. The summed E-state index contributed by atoms with van der Waals surface area (Å²) in [7, 11) is 0.